The molecule has 2 rings (SSSR count). The minimum Gasteiger partial charge on any atom is -0.493 e. The highest BCUT2D eigenvalue weighted by molar-refractivity contribution is 6.35. The zero-order valence-electron chi connectivity index (χ0n) is 12.2. The minimum atomic E-state index is -0.325. The lowest BCUT2D eigenvalue weighted by molar-refractivity contribution is 0.379. The van der Waals surface area contributed by atoms with Crippen LogP contribution < -0.4 is 9.47 Å². The highest BCUT2D eigenvalue weighted by atomic mass is 35.5. The van der Waals surface area contributed by atoms with Gasteiger partial charge in [-0.15, -0.1) is 0 Å². The molecule has 2 aromatic carbocycles. The third-order valence-corrected chi connectivity index (χ3v) is 2.73. The summed E-state index contributed by atoms with van der Waals surface area (Å²) in [7, 11) is 1.44. The second-order valence-corrected chi connectivity index (χ2v) is 4.42. The molecule has 0 saturated carbocycles. The molecule has 0 fully saturated rings. The predicted molar refractivity (Wildman–Crippen MR) is 74.5 cm³/mol. The number of benzene rings is 2. The van der Waals surface area contributed by atoms with Gasteiger partial charge in [-0.3, -0.25) is 0 Å². The van der Waals surface area contributed by atoms with E-state index in [1.54, 1.807) is 12.1 Å². The predicted octanol–water partition coefficient (Wildman–Crippen LogP) is 5.45. The number of ether oxygens (including phenoxy) is 2. The maximum Gasteiger partial charge on any atom is 0.169 e. The van der Waals surface area contributed by atoms with Crippen molar-refractivity contribution in [1.82, 2.24) is 0 Å². The normalized spacial score (nSPS) is 12.6. The van der Waals surface area contributed by atoms with Crippen LogP contribution >= 0.6 is 34.8 Å². The largest absolute Gasteiger partial charge is 0.493 e. The first-order valence-electron chi connectivity index (χ1n) is 6.33. The van der Waals surface area contributed by atoms with Crippen molar-refractivity contribution in [2.45, 2.75) is 0 Å². The van der Waals surface area contributed by atoms with Gasteiger partial charge in [0, 0.05) is 16.1 Å². The van der Waals surface area contributed by atoms with Gasteiger partial charge in [-0.2, -0.15) is 0 Å². The molecule has 0 aliphatic carbocycles. The van der Waals surface area contributed by atoms with Crippen LogP contribution in [0.3, 0.4) is 0 Å². The van der Waals surface area contributed by atoms with Crippen molar-refractivity contribution in [1.29, 1.82) is 0 Å². The Morgan fingerprint density at radius 1 is 1.00 bits per heavy atom. The van der Waals surface area contributed by atoms with Crippen LogP contribution in [0.4, 0.5) is 0 Å². The number of halogens is 3. The zero-order valence-corrected chi connectivity index (χ0v) is 11.5. The Morgan fingerprint density at radius 3 is 2.50 bits per heavy atom. The van der Waals surface area contributed by atoms with Crippen molar-refractivity contribution in [2.24, 2.45) is 0 Å². The van der Waals surface area contributed by atoms with Crippen molar-refractivity contribution in [3.63, 3.8) is 0 Å². The lowest BCUT2D eigenvalue weighted by Gasteiger charge is -2.11. The molecule has 0 unspecified atom stereocenters. The van der Waals surface area contributed by atoms with Gasteiger partial charge in [0.2, 0.25) is 0 Å². The summed E-state index contributed by atoms with van der Waals surface area (Å²) in [4.78, 5) is 0. The summed E-state index contributed by atoms with van der Waals surface area (Å²) in [5.41, 5.74) is 0. The molecule has 0 saturated heterocycles. The molecule has 0 aliphatic heterocycles. The fraction of sp³-hybridized carbons (Fsp3) is 0.0769. The Kier molecular flexibility index (Phi) is 3.10. The van der Waals surface area contributed by atoms with E-state index in [1.807, 2.05) is 0 Å². The highest BCUT2D eigenvalue weighted by Gasteiger charge is 2.09. The van der Waals surface area contributed by atoms with Crippen LogP contribution in [0.25, 0.3) is 0 Å². The Morgan fingerprint density at radius 2 is 1.78 bits per heavy atom. The first-order chi connectivity index (χ1) is 9.86. The first kappa shape index (κ1) is 9.79. The van der Waals surface area contributed by atoms with E-state index in [-0.39, 0.29) is 39.7 Å². The summed E-state index contributed by atoms with van der Waals surface area (Å²) in [5, 5.41) is 0.119. The van der Waals surface area contributed by atoms with Gasteiger partial charge in [0.15, 0.2) is 11.5 Å². The van der Waals surface area contributed by atoms with Crippen LogP contribution in [0.5, 0.6) is 17.2 Å². The average molecular weight is 307 g/mol. The maximum atomic E-state index is 7.86. The first-order valence-corrected chi connectivity index (χ1v) is 5.96. The van der Waals surface area contributed by atoms with Crippen LogP contribution in [0, 0.1) is 0 Å². The van der Waals surface area contributed by atoms with Gasteiger partial charge in [0.1, 0.15) is 5.75 Å². The van der Waals surface area contributed by atoms with Crippen molar-refractivity contribution >= 4 is 34.8 Å². The van der Waals surface area contributed by atoms with Crippen LogP contribution in [-0.2, 0) is 0 Å². The second kappa shape index (κ2) is 5.70. The Bertz CT molecular complexity index is 679. The topological polar surface area (TPSA) is 18.5 Å². The molecule has 0 aliphatic rings. The summed E-state index contributed by atoms with van der Waals surface area (Å²) in [5.74, 6) is 0.473. The standard InChI is InChI=1S/C13H9Cl3O2/c1-17-13-7-9(15)3-5-12(13)18-11-4-2-8(14)6-10(11)16/h2-7H,1H3/i2D,4D,6D. The van der Waals surface area contributed by atoms with Crippen LogP contribution in [-0.4, -0.2) is 7.11 Å². The smallest absolute Gasteiger partial charge is 0.169 e. The van der Waals surface area contributed by atoms with Crippen molar-refractivity contribution in [3.05, 3.63) is 51.4 Å². The van der Waals surface area contributed by atoms with E-state index in [0.29, 0.717) is 10.8 Å². The van der Waals surface area contributed by atoms with E-state index in [0.717, 1.165) is 0 Å². The maximum absolute atomic E-state index is 7.86. The molecule has 0 heterocycles. The van der Waals surface area contributed by atoms with Gasteiger partial charge in [0.05, 0.1) is 16.2 Å². The monoisotopic (exact) mass is 305 g/mol. The van der Waals surface area contributed by atoms with Crippen molar-refractivity contribution in [3.8, 4) is 17.2 Å². The fourth-order valence-electron chi connectivity index (χ4n) is 1.26. The quantitative estimate of drug-likeness (QED) is 0.751. The van der Waals surface area contributed by atoms with Crippen LogP contribution in [0.15, 0.2) is 36.3 Å². The van der Waals surface area contributed by atoms with E-state index in [2.05, 4.69) is 0 Å². The number of rotatable bonds is 3. The summed E-state index contributed by atoms with van der Waals surface area (Å²) in [6, 6.07) is 3.76. The van der Waals surface area contributed by atoms with E-state index in [4.69, 9.17) is 48.4 Å². The van der Waals surface area contributed by atoms with Gasteiger partial charge in [-0.05, 0) is 30.3 Å². The number of methoxy groups -OCH3 is 1. The minimum absolute atomic E-state index is 0.128. The van der Waals surface area contributed by atoms with Gasteiger partial charge >= 0.3 is 0 Å². The fourth-order valence-corrected chi connectivity index (χ4v) is 1.79. The van der Waals surface area contributed by atoms with Gasteiger partial charge in [0.25, 0.3) is 0 Å². The molecule has 0 atom stereocenters. The molecule has 0 N–H and O–H groups in total. The SMILES string of the molecule is [2H]c1c([2H])c(Oc2ccc(Cl)cc2OC)c(Cl)c([2H])c1Cl. The lowest BCUT2D eigenvalue weighted by atomic mass is 10.3. The molecule has 2 nitrogen and oxygen atoms in total. The molecule has 0 amide bonds. The molecule has 0 aromatic heterocycles. The molecule has 5 heteroatoms. The molecule has 0 spiro atoms. The molecular weight excluding hydrogens is 294 g/mol. The highest BCUT2D eigenvalue weighted by Crippen LogP contribution is 2.37. The van der Waals surface area contributed by atoms with Gasteiger partial charge < -0.3 is 9.47 Å². The molecule has 0 radical (unpaired) electrons. The molecule has 94 valence electrons. The van der Waals surface area contributed by atoms with Crippen molar-refractivity contribution in [2.75, 3.05) is 7.11 Å². The van der Waals surface area contributed by atoms with E-state index in [9.17, 15) is 0 Å². The summed E-state index contributed by atoms with van der Waals surface area (Å²) >= 11 is 17.6. The second-order valence-electron chi connectivity index (χ2n) is 3.23. The van der Waals surface area contributed by atoms with E-state index in [1.165, 1.54) is 13.2 Å². The lowest BCUT2D eigenvalue weighted by Crippen LogP contribution is -1.90. The molecular formula is C13H9Cl3O2. The van der Waals surface area contributed by atoms with Crippen LogP contribution in [0.1, 0.15) is 4.11 Å². The molecule has 18 heavy (non-hydrogen) atoms. The van der Waals surface area contributed by atoms with E-state index >= 15 is 0 Å². The Balaban J connectivity index is 2.55. The zero-order chi connectivity index (χ0) is 15.7. The van der Waals surface area contributed by atoms with Crippen molar-refractivity contribution < 1.29 is 13.6 Å². The third kappa shape index (κ3) is 3.02. The van der Waals surface area contributed by atoms with Crippen LogP contribution in [0.2, 0.25) is 15.1 Å². The Hall–Kier alpha value is -1.09. The number of hydrogen-bond acceptors (Lipinski definition) is 2. The van der Waals surface area contributed by atoms with Gasteiger partial charge in [-0.25, -0.2) is 0 Å². The summed E-state index contributed by atoms with van der Waals surface area (Å²) in [6.07, 6.45) is 0. The summed E-state index contributed by atoms with van der Waals surface area (Å²) < 4.78 is 33.9. The summed E-state index contributed by atoms with van der Waals surface area (Å²) in [6.45, 7) is 0. The van der Waals surface area contributed by atoms with E-state index < -0.39 is 0 Å². The number of hydrogen-bond donors (Lipinski definition) is 0. The Labute approximate surface area is 124 Å². The molecule has 2 aromatic rings. The third-order valence-electron chi connectivity index (χ3n) is 2.04. The van der Waals surface area contributed by atoms with Gasteiger partial charge in [-0.1, -0.05) is 34.8 Å². The molecule has 0 bridgehead atoms. The average Bonchev–Trinajstić information content (AvgIpc) is 2.48.